The summed E-state index contributed by atoms with van der Waals surface area (Å²) < 4.78 is 42.0. The van der Waals surface area contributed by atoms with Crippen LogP contribution in [0.5, 0.6) is 0 Å². The zero-order chi connectivity index (χ0) is 20.6. The second-order valence-corrected chi connectivity index (χ2v) is 6.59. The highest BCUT2D eigenvalue weighted by molar-refractivity contribution is 6.29. The van der Waals surface area contributed by atoms with Gasteiger partial charge in [-0.1, -0.05) is 22.8 Å². The summed E-state index contributed by atoms with van der Waals surface area (Å²) in [6.45, 7) is 0. The van der Waals surface area contributed by atoms with E-state index in [1.54, 1.807) is 12.1 Å². The van der Waals surface area contributed by atoms with Crippen molar-refractivity contribution < 1.29 is 18.0 Å². The minimum atomic E-state index is -4.76. The molecule has 4 rings (SSSR count). The van der Waals surface area contributed by atoms with Crippen molar-refractivity contribution in [3.8, 4) is 17.5 Å². The van der Waals surface area contributed by atoms with Crippen LogP contribution in [0.1, 0.15) is 23.1 Å². The predicted octanol–water partition coefficient (Wildman–Crippen LogP) is 3.97. The number of rotatable bonds is 3. The maximum Gasteiger partial charge on any atom is 0.435 e. The number of nitriles is 1. The molecule has 1 aliphatic rings. The van der Waals surface area contributed by atoms with Gasteiger partial charge >= 0.3 is 6.18 Å². The molecule has 0 saturated heterocycles. The van der Waals surface area contributed by atoms with Crippen LogP contribution in [0.3, 0.4) is 0 Å². The van der Waals surface area contributed by atoms with E-state index < -0.39 is 18.2 Å². The van der Waals surface area contributed by atoms with E-state index in [2.05, 4.69) is 25.3 Å². The van der Waals surface area contributed by atoms with E-state index >= 15 is 0 Å². The fourth-order valence-corrected chi connectivity index (χ4v) is 3.24. The number of aromatic amines is 1. The summed E-state index contributed by atoms with van der Waals surface area (Å²) in [6, 6.07) is 8.84. The number of hydrogen-bond donors (Lipinski definition) is 1. The Morgan fingerprint density at radius 1 is 1.21 bits per heavy atom. The maximum absolute atomic E-state index is 14.0. The molecule has 1 aromatic carbocycles. The van der Waals surface area contributed by atoms with E-state index in [1.807, 2.05) is 6.07 Å². The van der Waals surface area contributed by atoms with Crippen molar-refractivity contribution >= 4 is 17.3 Å². The molecule has 11 heteroatoms. The first-order valence-corrected chi connectivity index (χ1v) is 8.56. The molecule has 7 nitrogen and oxygen atoms in total. The largest absolute Gasteiger partial charge is 0.435 e. The molecule has 146 valence electrons. The van der Waals surface area contributed by atoms with E-state index in [9.17, 15) is 18.4 Å². The van der Waals surface area contributed by atoms with Crippen LogP contribution in [0.15, 0.2) is 48.0 Å². The maximum atomic E-state index is 14.0. The molecule has 1 unspecified atom stereocenters. The first-order valence-electron chi connectivity index (χ1n) is 8.18. The van der Waals surface area contributed by atoms with Gasteiger partial charge in [0.1, 0.15) is 11.5 Å². The molecule has 1 N–H and O–H groups in total. The van der Waals surface area contributed by atoms with Crippen molar-refractivity contribution in [2.45, 2.75) is 18.2 Å². The first kappa shape index (κ1) is 18.9. The lowest BCUT2D eigenvalue weighted by molar-refractivity contribution is -0.275. The van der Waals surface area contributed by atoms with Gasteiger partial charge in [0.15, 0.2) is 5.82 Å². The van der Waals surface area contributed by atoms with Crippen LogP contribution in [-0.4, -0.2) is 32.1 Å². The summed E-state index contributed by atoms with van der Waals surface area (Å²) in [5, 5.41) is 19.4. The number of hydrogen-bond acceptors (Lipinski definition) is 6. The average molecular weight is 419 g/mol. The van der Waals surface area contributed by atoms with Gasteiger partial charge < -0.3 is 4.84 Å². The first-order chi connectivity index (χ1) is 13.8. The SMILES string of the molecule is N#Cc1cc(C2=NOC(c3ccnc(Cl)c3)(C(F)(F)F)C2)ccc1-c1ncn[nH]1. The molecule has 29 heavy (non-hydrogen) atoms. The highest BCUT2D eigenvalue weighted by Crippen LogP contribution is 2.49. The van der Waals surface area contributed by atoms with Gasteiger partial charge in [-0.05, 0) is 24.3 Å². The normalized spacial score (nSPS) is 18.8. The Bertz CT molecular complexity index is 1140. The predicted molar refractivity (Wildman–Crippen MR) is 95.8 cm³/mol. The fraction of sp³-hybridized carbons (Fsp3) is 0.167. The quantitative estimate of drug-likeness (QED) is 0.648. The Kier molecular flexibility index (Phi) is 4.47. The zero-order valence-electron chi connectivity index (χ0n) is 14.4. The highest BCUT2D eigenvalue weighted by Gasteiger charge is 2.62. The number of benzene rings is 1. The van der Waals surface area contributed by atoms with Gasteiger partial charge in [-0.15, -0.1) is 0 Å². The number of aromatic nitrogens is 4. The Morgan fingerprint density at radius 2 is 2.03 bits per heavy atom. The summed E-state index contributed by atoms with van der Waals surface area (Å²) >= 11 is 5.77. The molecule has 0 saturated carbocycles. The molecule has 0 fully saturated rings. The van der Waals surface area contributed by atoms with Crippen LogP contribution in [0, 0.1) is 11.3 Å². The van der Waals surface area contributed by atoms with Crippen molar-refractivity contribution in [1.82, 2.24) is 20.2 Å². The number of H-pyrrole nitrogens is 1. The van der Waals surface area contributed by atoms with Crippen LogP contribution in [0.25, 0.3) is 11.4 Å². The van der Waals surface area contributed by atoms with E-state index in [-0.39, 0.29) is 22.0 Å². The molecule has 3 aromatic rings. The van der Waals surface area contributed by atoms with Crippen LogP contribution in [0.4, 0.5) is 13.2 Å². The second-order valence-electron chi connectivity index (χ2n) is 6.20. The number of halogens is 4. The molecule has 0 aliphatic carbocycles. The summed E-state index contributed by atoms with van der Waals surface area (Å²) in [6.07, 6.45) is -2.88. The Hall–Kier alpha value is -3.45. The van der Waals surface area contributed by atoms with Crippen LogP contribution in [0.2, 0.25) is 5.15 Å². The number of nitrogens with one attached hydrogen (secondary N) is 1. The average Bonchev–Trinajstić information content (AvgIpc) is 3.38. The van der Waals surface area contributed by atoms with Crippen LogP contribution >= 0.6 is 11.6 Å². The molecule has 0 spiro atoms. The third-order valence-electron chi connectivity index (χ3n) is 4.52. The van der Waals surface area contributed by atoms with E-state index in [4.69, 9.17) is 16.4 Å². The van der Waals surface area contributed by atoms with E-state index in [1.165, 1.54) is 24.7 Å². The lowest BCUT2D eigenvalue weighted by Crippen LogP contribution is -2.42. The van der Waals surface area contributed by atoms with Gasteiger partial charge in [-0.3, -0.25) is 5.10 Å². The summed E-state index contributed by atoms with van der Waals surface area (Å²) in [4.78, 5) is 12.7. The lowest BCUT2D eigenvalue weighted by Gasteiger charge is -2.29. The van der Waals surface area contributed by atoms with Crippen LogP contribution < -0.4 is 0 Å². The molecule has 3 heterocycles. The van der Waals surface area contributed by atoms with Crippen LogP contribution in [-0.2, 0) is 10.4 Å². The summed E-state index contributed by atoms with van der Waals surface area (Å²) in [5.41, 5.74) is -1.84. The van der Waals surface area contributed by atoms with Crippen molar-refractivity contribution in [3.63, 3.8) is 0 Å². The van der Waals surface area contributed by atoms with Crippen molar-refractivity contribution in [2.24, 2.45) is 5.16 Å². The molecule has 1 aliphatic heterocycles. The summed E-state index contributed by atoms with van der Waals surface area (Å²) in [5.74, 6) is 0.369. The molecule has 0 bridgehead atoms. The fourth-order valence-electron chi connectivity index (χ4n) is 3.07. The molecular formula is C18H10ClF3N6O. The van der Waals surface area contributed by atoms with Gasteiger partial charge in [0.25, 0.3) is 5.60 Å². The Morgan fingerprint density at radius 3 is 2.69 bits per heavy atom. The molecule has 0 radical (unpaired) electrons. The Labute approximate surface area is 166 Å². The highest BCUT2D eigenvalue weighted by atomic mass is 35.5. The summed E-state index contributed by atoms with van der Waals surface area (Å²) in [7, 11) is 0. The number of nitrogens with zero attached hydrogens (tertiary/aromatic N) is 5. The molecule has 1 atom stereocenters. The number of oxime groups is 1. The van der Waals surface area contributed by atoms with Gasteiger partial charge in [0.2, 0.25) is 0 Å². The minimum Gasteiger partial charge on any atom is -0.374 e. The topological polar surface area (TPSA) is 99.8 Å². The second kappa shape index (κ2) is 6.86. The minimum absolute atomic E-state index is 0.0517. The molecule has 2 aromatic heterocycles. The number of pyridine rings is 1. The monoisotopic (exact) mass is 418 g/mol. The molecular weight excluding hydrogens is 409 g/mol. The van der Waals surface area contributed by atoms with E-state index in [0.29, 0.717) is 17.0 Å². The Balaban J connectivity index is 1.72. The van der Waals surface area contributed by atoms with Gasteiger partial charge in [-0.25, -0.2) is 9.97 Å². The standard InChI is InChI=1S/C18H10ClF3N6O/c19-15-6-12(3-4-24-15)17(18(20,21)22)7-14(28-29-17)10-1-2-13(11(5-10)8-23)16-25-9-26-27-16/h1-6,9H,7H2,(H,25,26,27). The van der Waals surface area contributed by atoms with Crippen molar-refractivity contribution in [3.05, 3.63) is 64.7 Å². The van der Waals surface area contributed by atoms with E-state index in [0.717, 1.165) is 6.07 Å². The number of alkyl halides is 3. The third kappa shape index (κ3) is 3.19. The molecule has 0 amide bonds. The zero-order valence-corrected chi connectivity index (χ0v) is 15.2. The van der Waals surface area contributed by atoms with Crippen molar-refractivity contribution in [1.29, 1.82) is 5.26 Å². The van der Waals surface area contributed by atoms with Crippen molar-refractivity contribution in [2.75, 3.05) is 0 Å². The van der Waals surface area contributed by atoms with Gasteiger partial charge in [-0.2, -0.15) is 23.5 Å². The lowest BCUT2D eigenvalue weighted by atomic mass is 9.86. The third-order valence-corrected chi connectivity index (χ3v) is 4.73. The van der Waals surface area contributed by atoms with Gasteiger partial charge in [0, 0.05) is 29.3 Å². The van der Waals surface area contributed by atoms with Gasteiger partial charge in [0.05, 0.1) is 17.3 Å². The smallest absolute Gasteiger partial charge is 0.374 e.